The first-order valence-corrected chi connectivity index (χ1v) is 6.69. The predicted molar refractivity (Wildman–Crippen MR) is 82.2 cm³/mol. The Hall–Kier alpha value is -0.940. The van der Waals surface area contributed by atoms with Gasteiger partial charge in [-0.2, -0.15) is 11.3 Å². The summed E-state index contributed by atoms with van der Waals surface area (Å²) < 4.78 is 10.5. The first-order chi connectivity index (χ1) is 8.69. The van der Waals surface area contributed by atoms with Gasteiger partial charge in [0.05, 0.1) is 25.3 Å². The summed E-state index contributed by atoms with van der Waals surface area (Å²) >= 11 is 7.93. The van der Waals surface area contributed by atoms with Crippen molar-refractivity contribution in [2.75, 3.05) is 14.2 Å². The Bertz CT molecular complexity index is 532. The number of benzene rings is 1. The van der Waals surface area contributed by atoms with E-state index in [1.165, 1.54) is 0 Å². The van der Waals surface area contributed by atoms with E-state index >= 15 is 0 Å². The standard InChI is InChI=1S/C13H14ClNO2S.ClH/c1-16-10-4-3-9(11(14)13(10)17-2)12(15)8-5-6-18-7-8;/h3-7,12H,15H2,1-2H3;1H/t12-;/m0./s1. The summed E-state index contributed by atoms with van der Waals surface area (Å²) in [5.41, 5.74) is 8.07. The molecule has 1 atom stereocenters. The minimum absolute atomic E-state index is 0. The van der Waals surface area contributed by atoms with Crippen LogP contribution in [0.1, 0.15) is 17.2 Å². The third-order valence-electron chi connectivity index (χ3n) is 2.75. The summed E-state index contributed by atoms with van der Waals surface area (Å²) in [4.78, 5) is 0. The first-order valence-electron chi connectivity index (χ1n) is 5.37. The molecule has 0 saturated carbocycles. The predicted octanol–water partition coefficient (Wildman–Crippen LogP) is 3.89. The van der Waals surface area contributed by atoms with E-state index in [-0.39, 0.29) is 18.4 Å². The zero-order valence-electron chi connectivity index (χ0n) is 10.6. The molecular formula is C13H15Cl2NO2S. The number of halogens is 2. The van der Waals surface area contributed by atoms with Gasteiger partial charge in [0.15, 0.2) is 11.5 Å². The maximum absolute atomic E-state index is 6.32. The van der Waals surface area contributed by atoms with Gasteiger partial charge in [0.25, 0.3) is 0 Å². The van der Waals surface area contributed by atoms with E-state index in [4.69, 9.17) is 26.8 Å². The Morgan fingerprint density at radius 2 is 1.95 bits per heavy atom. The fraction of sp³-hybridized carbons (Fsp3) is 0.231. The van der Waals surface area contributed by atoms with Gasteiger partial charge in [-0.3, -0.25) is 0 Å². The van der Waals surface area contributed by atoms with Crippen molar-refractivity contribution in [3.63, 3.8) is 0 Å². The van der Waals surface area contributed by atoms with E-state index in [9.17, 15) is 0 Å². The highest BCUT2D eigenvalue weighted by Crippen LogP contribution is 2.40. The van der Waals surface area contributed by atoms with Crippen LogP contribution in [-0.4, -0.2) is 14.2 Å². The normalized spacial score (nSPS) is 11.6. The SMILES string of the molecule is COc1ccc([C@@H](N)c2ccsc2)c(Cl)c1OC.Cl. The zero-order valence-corrected chi connectivity index (χ0v) is 12.9. The van der Waals surface area contributed by atoms with Crippen LogP contribution in [0.4, 0.5) is 0 Å². The van der Waals surface area contributed by atoms with Crippen LogP contribution >= 0.6 is 35.3 Å². The van der Waals surface area contributed by atoms with Crippen molar-refractivity contribution in [1.29, 1.82) is 0 Å². The molecule has 0 aliphatic carbocycles. The van der Waals surface area contributed by atoms with Crippen molar-refractivity contribution in [2.24, 2.45) is 5.73 Å². The number of methoxy groups -OCH3 is 2. The minimum Gasteiger partial charge on any atom is -0.493 e. The smallest absolute Gasteiger partial charge is 0.179 e. The average Bonchev–Trinajstić information content (AvgIpc) is 2.91. The van der Waals surface area contributed by atoms with Gasteiger partial charge in [0.2, 0.25) is 0 Å². The number of hydrogen-bond donors (Lipinski definition) is 1. The summed E-state index contributed by atoms with van der Waals surface area (Å²) in [6.07, 6.45) is 0. The second-order valence-electron chi connectivity index (χ2n) is 3.74. The van der Waals surface area contributed by atoms with E-state index in [0.29, 0.717) is 16.5 Å². The maximum atomic E-state index is 6.32. The Balaban J connectivity index is 0.00000180. The molecule has 3 nitrogen and oxygen atoms in total. The molecule has 0 unspecified atom stereocenters. The van der Waals surface area contributed by atoms with E-state index in [1.807, 2.05) is 29.0 Å². The molecule has 1 aromatic carbocycles. The molecule has 2 aromatic rings. The summed E-state index contributed by atoms with van der Waals surface area (Å²) in [6, 6.07) is 5.41. The van der Waals surface area contributed by atoms with Crippen molar-refractivity contribution in [3.8, 4) is 11.5 Å². The number of rotatable bonds is 4. The van der Waals surface area contributed by atoms with Crippen LogP contribution in [0.25, 0.3) is 0 Å². The highest BCUT2D eigenvalue weighted by Gasteiger charge is 2.18. The zero-order chi connectivity index (χ0) is 13.1. The number of ether oxygens (including phenoxy) is 2. The second kappa shape index (κ2) is 7.01. The Labute approximate surface area is 127 Å². The molecule has 0 fully saturated rings. The number of nitrogens with two attached hydrogens (primary N) is 1. The molecule has 0 radical (unpaired) electrons. The largest absolute Gasteiger partial charge is 0.493 e. The van der Waals surface area contributed by atoms with E-state index < -0.39 is 0 Å². The molecule has 104 valence electrons. The van der Waals surface area contributed by atoms with Crippen LogP contribution in [0.5, 0.6) is 11.5 Å². The summed E-state index contributed by atoms with van der Waals surface area (Å²) in [7, 11) is 3.14. The molecular weight excluding hydrogens is 305 g/mol. The maximum Gasteiger partial charge on any atom is 0.179 e. The van der Waals surface area contributed by atoms with Crippen molar-refractivity contribution in [3.05, 3.63) is 45.1 Å². The summed E-state index contributed by atoms with van der Waals surface area (Å²) in [6.45, 7) is 0. The lowest BCUT2D eigenvalue weighted by atomic mass is 10.0. The third-order valence-corrected chi connectivity index (χ3v) is 3.84. The van der Waals surface area contributed by atoms with Crippen LogP contribution in [0.3, 0.4) is 0 Å². The van der Waals surface area contributed by atoms with Gasteiger partial charge < -0.3 is 15.2 Å². The first kappa shape index (κ1) is 16.1. The molecule has 0 bridgehead atoms. The lowest BCUT2D eigenvalue weighted by Gasteiger charge is -2.16. The fourth-order valence-corrected chi connectivity index (χ4v) is 2.82. The second-order valence-corrected chi connectivity index (χ2v) is 4.90. The van der Waals surface area contributed by atoms with Crippen LogP contribution in [-0.2, 0) is 0 Å². The van der Waals surface area contributed by atoms with Gasteiger partial charge in [-0.15, -0.1) is 12.4 Å². The topological polar surface area (TPSA) is 44.5 Å². The fourth-order valence-electron chi connectivity index (χ4n) is 1.78. The van der Waals surface area contributed by atoms with Crippen LogP contribution < -0.4 is 15.2 Å². The highest BCUT2D eigenvalue weighted by molar-refractivity contribution is 7.08. The van der Waals surface area contributed by atoms with Crippen molar-refractivity contribution in [1.82, 2.24) is 0 Å². The van der Waals surface area contributed by atoms with E-state index in [0.717, 1.165) is 11.1 Å². The Morgan fingerprint density at radius 3 is 2.47 bits per heavy atom. The number of hydrogen-bond acceptors (Lipinski definition) is 4. The summed E-state index contributed by atoms with van der Waals surface area (Å²) in [5.74, 6) is 1.12. The van der Waals surface area contributed by atoms with E-state index in [2.05, 4.69) is 0 Å². The molecule has 0 aliphatic heterocycles. The van der Waals surface area contributed by atoms with Gasteiger partial charge in [-0.05, 0) is 34.0 Å². The Morgan fingerprint density at radius 1 is 1.21 bits per heavy atom. The van der Waals surface area contributed by atoms with Gasteiger partial charge in [-0.25, -0.2) is 0 Å². The lowest BCUT2D eigenvalue weighted by molar-refractivity contribution is 0.354. The van der Waals surface area contributed by atoms with Gasteiger partial charge in [0, 0.05) is 0 Å². The molecule has 6 heteroatoms. The van der Waals surface area contributed by atoms with Gasteiger partial charge in [-0.1, -0.05) is 17.7 Å². The summed E-state index contributed by atoms with van der Waals surface area (Å²) in [5, 5.41) is 4.50. The molecule has 0 aliphatic rings. The van der Waals surface area contributed by atoms with Crippen molar-refractivity contribution in [2.45, 2.75) is 6.04 Å². The molecule has 0 saturated heterocycles. The van der Waals surface area contributed by atoms with Crippen LogP contribution in [0.15, 0.2) is 29.0 Å². The quantitative estimate of drug-likeness (QED) is 0.929. The van der Waals surface area contributed by atoms with Crippen molar-refractivity contribution < 1.29 is 9.47 Å². The molecule has 1 heterocycles. The van der Waals surface area contributed by atoms with Crippen LogP contribution in [0.2, 0.25) is 5.02 Å². The lowest BCUT2D eigenvalue weighted by Crippen LogP contribution is -2.12. The molecule has 0 spiro atoms. The van der Waals surface area contributed by atoms with Crippen LogP contribution in [0, 0.1) is 0 Å². The van der Waals surface area contributed by atoms with E-state index in [1.54, 1.807) is 25.6 Å². The Kier molecular flexibility index (Phi) is 5.94. The van der Waals surface area contributed by atoms with Gasteiger partial charge in [0.1, 0.15) is 0 Å². The molecule has 19 heavy (non-hydrogen) atoms. The molecule has 1 aromatic heterocycles. The highest BCUT2D eigenvalue weighted by atomic mass is 35.5. The molecule has 2 rings (SSSR count). The molecule has 2 N–H and O–H groups in total. The average molecular weight is 320 g/mol. The monoisotopic (exact) mass is 319 g/mol. The van der Waals surface area contributed by atoms with Crippen molar-refractivity contribution >= 4 is 35.3 Å². The minimum atomic E-state index is -0.261. The third kappa shape index (κ3) is 3.15. The van der Waals surface area contributed by atoms with Gasteiger partial charge >= 0.3 is 0 Å². The number of thiophene rings is 1. The molecule has 0 amide bonds.